The molecule has 0 unspecified atom stereocenters. The highest BCUT2D eigenvalue weighted by Crippen LogP contribution is 2.31. The molecular formula is C19H11BrF3N3S. The van der Waals surface area contributed by atoms with Gasteiger partial charge in [-0.15, -0.1) is 11.3 Å². The average molecular weight is 450 g/mol. The van der Waals surface area contributed by atoms with Crippen LogP contribution in [0.4, 0.5) is 18.9 Å². The molecule has 0 radical (unpaired) electrons. The van der Waals surface area contributed by atoms with Gasteiger partial charge in [0.15, 0.2) is 0 Å². The first kappa shape index (κ1) is 19.1. The van der Waals surface area contributed by atoms with Crippen LogP contribution in [0.15, 0.2) is 64.6 Å². The predicted octanol–water partition coefficient (Wildman–Crippen LogP) is 6.57. The van der Waals surface area contributed by atoms with Gasteiger partial charge in [-0.1, -0.05) is 34.1 Å². The number of hydrogen-bond donors (Lipinski definition) is 1. The van der Waals surface area contributed by atoms with Crippen LogP contribution in [0.2, 0.25) is 0 Å². The summed E-state index contributed by atoms with van der Waals surface area (Å²) in [6, 6.07) is 14.4. The number of alkyl halides is 3. The molecule has 8 heteroatoms. The fourth-order valence-corrected chi connectivity index (χ4v) is 3.45. The van der Waals surface area contributed by atoms with Gasteiger partial charge < -0.3 is 5.32 Å². The summed E-state index contributed by atoms with van der Waals surface area (Å²) in [4.78, 5) is 4.45. The van der Waals surface area contributed by atoms with Gasteiger partial charge >= 0.3 is 6.18 Å². The summed E-state index contributed by atoms with van der Waals surface area (Å²) in [5.74, 6) is 0. The molecule has 3 aromatic rings. The van der Waals surface area contributed by atoms with Crippen LogP contribution in [0.5, 0.6) is 0 Å². The summed E-state index contributed by atoms with van der Waals surface area (Å²) in [7, 11) is 0. The van der Waals surface area contributed by atoms with Crippen molar-refractivity contribution in [1.29, 1.82) is 5.26 Å². The first-order valence-electron chi connectivity index (χ1n) is 7.63. The van der Waals surface area contributed by atoms with Crippen LogP contribution in [0.3, 0.4) is 0 Å². The van der Waals surface area contributed by atoms with Gasteiger partial charge in [-0.3, -0.25) is 0 Å². The van der Waals surface area contributed by atoms with Crippen molar-refractivity contribution in [2.75, 3.05) is 5.32 Å². The first-order chi connectivity index (χ1) is 12.9. The number of nitrogens with zero attached hydrogens (tertiary/aromatic N) is 2. The highest BCUT2D eigenvalue weighted by Gasteiger charge is 2.30. The number of thiazole rings is 1. The molecule has 0 bridgehead atoms. The van der Waals surface area contributed by atoms with Crippen molar-refractivity contribution in [3.05, 3.63) is 75.2 Å². The summed E-state index contributed by atoms with van der Waals surface area (Å²) in [5, 5.41) is 14.4. The standard InChI is InChI=1S/C19H11BrF3N3S/c20-15-5-1-3-12(7-15)17-11-27-18(26-17)13(9-24)10-25-16-6-2-4-14(8-16)19(21,22)23/h1-8,10-11,25H. The maximum absolute atomic E-state index is 12.8. The molecule has 0 aliphatic carbocycles. The molecule has 0 spiro atoms. The van der Waals surface area contributed by atoms with Crippen LogP contribution >= 0.6 is 27.3 Å². The molecule has 136 valence electrons. The Balaban J connectivity index is 1.83. The minimum absolute atomic E-state index is 0.235. The Hall–Kier alpha value is -2.63. The second kappa shape index (κ2) is 7.94. The molecule has 0 fully saturated rings. The predicted molar refractivity (Wildman–Crippen MR) is 104 cm³/mol. The van der Waals surface area contributed by atoms with E-state index in [1.807, 2.05) is 35.7 Å². The number of hydrogen-bond acceptors (Lipinski definition) is 4. The molecule has 1 heterocycles. The fraction of sp³-hybridized carbons (Fsp3) is 0.0526. The van der Waals surface area contributed by atoms with E-state index in [0.29, 0.717) is 5.01 Å². The quantitative estimate of drug-likeness (QED) is 0.458. The second-order valence-electron chi connectivity index (χ2n) is 5.44. The maximum atomic E-state index is 12.8. The van der Waals surface area contributed by atoms with Crippen molar-refractivity contribution in [1.82, 2.24) is 4.98 Å². The third-order valence-corrected chi connectivity index (χ3v) is 4.92. The SMILES string of the molecule is N#CC(=CNc1cccc(C(F)(F)F)c1)c1nc(-c2cccc(Br)c2)cs1. The number of anilines is 1. The van der Waals surface area contributed by atoms with E-state index in [4.69, 9.17) is 0 Å². The molecule has 0 aliphatic heterocycles. The first-order valence-corrected chi connectivity index (χ1v) is 9.30. The van der Waals surface area contributed by atoms with E-state index in [2.05, 4.69) is 26.2 Å². The Labute approximate surface area is 165 Å². The number of rotatable bonds is 4. The van der Waals surface area contributed by atoms with E-state index in [-0.39, 0.29) is 11.3 Å². The molecule has 1 aromatic heterocycles. The molecule has 1 N–H and O–H groups in total. The smallest absolute Gasteiger partial charge is 0.360 e. The minimum atomic E-state index is -4.42. The molecule has 2 aromatic carbocycles. The third kappa shape index (κ3) is 4.76. The number of allylic oxidation sites excluding steroid dienone is 1. The van der Waals surface area contributed by atoms with Crippen molar-refractivity contribution in [3.8, 4) is 17.3 Å². The second-order valence-corrected chi connectivity index (χ2v) is 7.21. The van der Waals surface area contributed by atoms with E-state index >= 15 is 0 Å². The Morgan fingerprint density at radius 1 is 1.19 bits per heavy atom. The molecule has 3 rings (SSSR count). The highest BCUT2D eigenvalue weighted by molar-refractivity contribution is 9.10. The summed E-state index contributed by atoms with van der Waals surface area (Å²) < 4.78 is 39.3. The van der Waals surface area contributed by atoms with Crippen LogP contribution in [0.1, 0.15) is 10.6 Å². The van der Waals surface area contributed by atoms with Gasteiger partial charge in [0.25, 0.3) is 0 Å². The molecule has 0 saturated heterocycles. The fourth-order valence-electron chi connectivity index (χ4n) is 2.26. The lowest BCUT2D eigenvalue weighted by atomic mass is 10.2. The van der Waals surface area contributed by atoms with Gasteiger partial charge in [-0.25, -0.2) is 4.98 Å². The zero-order valence-electron chi connectivity index (χ0n) is 13.6. The number of aromatic nitrogens is 1. The van der Waals surface area contributed by atoms with Crippen molar-refractivity contribution < 1.29 is 13.2 Å². The van der Waals surface area contributed by atoms with Gasteiger partial charge in [-0.2, -0.15) is 18.4 Å². The Morgan fingerprint density at radius 3 is 2.67 bits per heavy atom. The van der Waals surface area contributed by atoms with E-state index < -0.39 is 11.7 Å². The lowest BCUT2D eigenvalue weighted by molar-refractivity contribution is -0.137. The molecule has 0 amide bonds. The molecule has 3 nitrogen and oxygen atoms in total. The summed E-state index contributed by atoms with van der Waals surface area (Å²) in [6.45, 7) is 0. The molecule has 27 heavy (non-hydrogen) atoms. The van der Waals surface area contributed by atoms with Gasteiger partial charge in [0.2, 0.25) is 0 Å². The highest BCUT2D eigenvalue weighted by atomic mass is 79.9. The van der Waals surface area contributed by atoms with Crippen molar-refractivity contribution in [2.24, 2.45) is 0 Å². The summed E-state index contributed by atoms with van der Waals surface area (Å²) in [6.07, 6.45) is -3.06. The zero-order chi connectivity index (χ0) is 19.4. The summed E-state index contributed by atoms with van der Waals surface area (Å²) in [5.41, 5.74) is 1.33. The van der Waals surface area contributed by atoms with E-state index in [1.165, 1.54) is 29.7 Å². The topological polar surface area (TPSA) is 48.7 Å². The third-order valence-electron chi connectivity index (χ3n) is 3.55. The van der Waals surface area contributed by atoms with Crippen LogP contribution in [0, 0.1) is 11.3 Å². The minimum Gasteiger partial charge on any atom is -0.360 e. The van der Waals surface area contributed by atoms with Gasteiger partial charge in [0, 0.05) is 27.3 Å². The van der Waals surface area contributed by atoms with E-state index in [1.54, 1.807) is 0 Å². The maximum Gasteiger partial charge on any atom is 0.416 e. The number of benzene rings is 2. The average Bonchev–Trinajstić information content (AvgIpc) is 3.12. The van der Waals surface area contributed by atoms with Crippen LogP contribution in [0.25, 0.3) is 16.8 Å². The Kier molecular flexibility index (Phi) is 5.63. The number of halogens is 4. The molecular weight excluding hydrogens is 439 g/mol. The number of nitriles is 1. The molecule has 0 atom stereocenters. The monoisotopic (exact) mass is 449 g/mol. The molecule has 0 aliphatic rings. The van der Waals surface area contributed by atoms with E-state index in [9.17, 15) is 18.4 Å². The van der Waals surface area contributed by atoms with Crippen LogP contribution in [-0.2, 0) is 6.18 Å². The van der Waals surface area contributed by atoms with E-state index in [0.717, 1.165) is 27.9 Å². The van der Waals surface area contributed by atoms with Crippen molar-refractivity contribution in [3.63, 3.8) is 0 Å². The van der Waals surface area contributed by atoms with Crippen molar-refractivity contribution in [2.45, 2.75) is 6.18 Å². The van der Waals surface area contributed by atoms with Gasteiger partial charge in [0.1, 0.15) is 16.6 Å². The van der Waals surface area contributed by atoms with Crippen LogP contribution in [-0.4, -0.2) is 4.98 Å². The lowest BCUT2D eigenvalue weighted by Gasteiger charge is -2.08. The van der Waals surface area contributed by atoms with Crippen molar-refractivity contribution >= 4 is 38.5 Å². The van der Waals surface area contributed by atoms with Gasteiger partial charge in [-0.05, 0) is 30.3 Å². The number of nitrogens with one attached hydrogen (secondary N) is 1. The summed E-state index contributed by atoms with van der Waals surface area (Å²) >= 11 is 4.69. The normalized spacial score (nSPS) is 11.9. The van der Waals surface area contributed by atoms with Gasteiger partial charge in [0.05, 0.1) is 11.3 Å². The van der Waals surface area contributed by atoms with Crippen LogP contribution < -0.4 is 5.32 Å². The molecule has 0 saturated carbocycles. The Morgan fingerprint density at radius 2 is 1.96 bits per heavy atom. The zero-order valence-corrected chi connectivity index (χ0v) is 16.0. The Bertz CT molecular complexity index is 1030. The lowest BCUT2D eigenvalue weighted by Crippen LogP contribution is -2.05. The largest absolute Gasteiger partial charge is 0.416 e.